The standard InChI is InChI=1S/C15H22F3N3O3S/c1-2-3-6-12(9-19)21-25(23,24)13-7-4-5-11(8-13)14(22)20-10-15(16,17)18/h4-5,7-8,12,21H,2-3,6,9-10,19H2,1H3,(H,20,22). The average molecular weight is 381 g/mol. The Kier molecular flexibility index (Phi) is 7.84. The number of hydrogen-bond donors (Lipinski definition) is 3. The van der Waals surface area contributed by atoms with Gasteiger partial charge in [0.25, 0.3) is 5.91 Å². The molecule has 10 heteroatoms. The van der Waals surface area contributed by atoms with Gasteiger partial charge in [0.1, 0.15) is 6.54 Å². The number of unbranched alkanes of at least 4 members (excludes halogenated alkanes) is 1. The Morgan fingerprint density at radius 1 is 1.32 bits per heavy atom. The first kappa shape index (κ1) is 21.4. The molecule has 0 spiro atoms. The van der Waals surface area contributed by atoms with Crippen LogP contribution >= 0.6 is 0 Å². The zero-order chi connectivity index (χ0) is 19.1. The molecule has 6 nitrogen and oxygen atoms in total. The molecule has 1 aromatic rings. The molecule has 0 aliphatic heterocycles. The SMILES string of the molecule is CCCCC(CN)NS(=O)(=O)c1cccc(C(=O)NCC(F)(F)F)c1. The van der Waals surface area contributed by atoms with E-state index in [2.05, 4.69) is 4.72 Å². The average Bonchev–Trinajstić information content (AvgIpc) is 2.55. The van der Waals surface area contributed by atoms with Crippen LogP contribution in [0.4, 0.5) is 13.2 Å². The molecule has 1 amide bonds. The molecule has 0 saturated heterocycles. The third kappa shape index (κ3) is 7.41. The number of nitrogens with two attached hydrogens (primary N) is 1. The van der Waals surface area contributed by atoms with Crippen molar-refractivity contribution >= 4 is 15.9 Å². The number of hydrogen-bond acceptors (Lipinski definition) is 4. The molecule has 0 radical (unpaired) electrons. The molecule has 1 rings (SSSR count). The highest BCUT2D eigenvalue weighted by molar-refractivity contribution is 7.89. The third-order valence-corrected chi connectivity index (χ3v) is 4.89. The molecule has 1 aromatic carbocycles. The Morgan fingerprint density at radius 3 is 2.56 bits per heavy atom. The Bertz CT molecular complexity index is 678. The van der Waals surface area contributed by atoms with E-state index in [1.54, 1.807) is 5.32 Å². The lowest BCUT2D eigenvalue weighted by atomic mass is 10.1. The van der Waals surface area contributed by atoms with E-state index in [0.29, 0.717) is 6.42 Å². The molecule has 142 valence electrons. The summed E-state index contributed by atoms with van der Waals surface area (Å²) >= 11 is 0. The van der Waals surface area contributed by atoms with Gasteiger partial charge in [0.2, 0.25) is 10.0 Å². The van der Waals surface area contributed by atoms with E-state index >= 15 is 0 Å². The number of carbonyl (C=O) groups is 1. The number of halogens is 3. The lowest BCUT2D eigenvalue weighted by molar-refractivity contribution is -0.123. The van der Waals surface area contributed by atoms with Crippen LogP contribution in [0.15, 0.2) is 29.2 Å². The van der Waals surface area contributed by atoms with Gasteiger partial charge >= 0.3 is 6.18 Å². The van der Waals surface area contributed by atoms with E-state index in [-0.39, 0.29) is 17.0 Å². The van der Waals surface area contributed by atoms with Crippen molar-refractivity contribution in [2.45, 2.75) is 43.3 Å². The van der Waals surface area contributed by atoms with Gasteiger partial charge in [-0.2, -0.15) is 13.2 Å². The number of amides is 1. The van der Waals surface area contributed by atoms with Gasteiger partial charge in [-0.25, -0.2) is 13.1 Å². The van der Waals surface area contributed by atoms with Crippen molar-refractivity contribution in [1.82, 2.24) is 10.0 Å². The van der Waals surface area contributed by atoms with E-state index in [4.69, 9.17) is 5.73 Å². The van der Waals surface area contributed by atoms with Gasteiger partial charge < -0.3 is 11.1 Å². The molecule has 25 heavy (non-hydrogen) atoms. The number of benzene rings is 1. The van der Waals surface area contributed by atoms with Gasteiger partial charge in [-0.05, 0) is 24.6 Å². The van der Waals surface area contributed by atoms with Crippen LogP contribution in [0.1, 0.15) is 36.5 Å². The van der Waals surface area contributed by atoms with Crippen LogP contribution in [0.5, 0.6) is 0 Å². The van der Waals surface area contributed by atoms with Crippen LogP contribution in [0.2, 0.25) is 0 Å². The molecule has 0 fully saturated rings. The minimum Gasteiger partial charge on any atom is -0.343 e. The van der Waals surface area contributed by atoms with Gasteiger partial charge in [0.05, 0.1) is 4.90 Å². The first-order chi connectivity index (χ1) is 11.6. The number of alkyl halides is 3. The fourth-order valence-corrected chi connectivity index (χ4v) is 3.38. The van der Waals surface area contributed by atoms with Crippen LogP contribution in [-0.2, 0) is 10.0 Å². The first-order valence-corrected chi connectivity index (χ1v) is 9.24. The summed E-state index contributed by atoms with van der Waals surface area (Å²) < 4.78 is 63.7. The summed E-state index contributed by atoms with van der Waals surface area (Å²) in [5.74, 6) is -1.00. The van der Waals surface area contributed by atoms with Crippen molar-refractivity contribution in [2.75, 3.05) is 13.1 Å². The van der Waals surface area contributed by atoms with Crippen molar-refractivity contribution in [3.05, 3.63) is 29.8 Å². The predicted octanol–water partition coefficient (Wildman–Crippen LogP) is 1.77. The summed E-state index contributed by atoms with van der Waals surface area (Å²) in [6.45, 7) is 0.587. The minimum absolute atomic E-state index is 0.116. The molecule has 0 aliphatic carbocycles. The highest BCUT2D eigenvalue weighted by atomic mass is 32.2. The lowest BCUT2D eigenvalue weighted by Gasteiger charge is -2.17. The van der Waals surface area contributed by atoms with Gasteiger partial charge in [-0.15, -0.1) is 0 Å². The second kappa shape index (κ2) is 9.16. The Hall–Kier alpha value is -1.65. The summed E-state index contributed by atoms with van der Waals surface area (Å²) in [5, 5.41) is 1.70. The number of rotatable bonds is 9. The molecule has 0 heterocycles. The van der Waals surface area contributed by atoms with Gasteiger partial charge in [0.15, 0.2) is 0 Å². The van der Waals surface area contributed by atoms with E-state index < -0.39 is 34.7 Å². The molecule has 0 saturated carbocycles. The third-order valence-electron chi connectivity index (χ3n) is 3.37. The number of carbonyl (C=O) groups excluding carboxylic acids is 1. The smallest absolute Gasteiger partial charge is 0.343 e. The maximum atomic E-state index is 12.4. The Balaban J connectivity index is 2.89. The second-order valence-corrected chi connectivity index (χ2v) is 7.24. The van der Waals surface area contributed by atoms with Gasteiger partial charge in [0, 0.05) is 18.2 Å². The maximum absolute atomic E-state index is 12.4. The molecular weight excluding hydrogens is 359 g/mol. The molecule has 1 unspecified atom stereocenters. The fourth-order valence-electron chi connectivity index (χ4n) is 2.05. The van der Waals surface area contributed by atoms with Crippen LogP contribution in [0.25, 0.3) is 0 Å². The lowest BCUT2D eigenvalue weighted by Crippen LogP contribution is -2.40. The number of nitrogens with one attached hydrogen (secondary N) is 2. The summed E-state index contributed by atoms with van der Waals surface area (Å²) in [4.78, 5) is 11.5. The van der Waals surface area contributed by atoms with Crippen LogP contribution in [0, 0.1) is 0 Å². The topological polar surface area (TPSA) is 101 Å². The largest absolute Gasteiger partial charge is 0.405 e. The number of sulfonamides is 1. The van der Waals surface area contributed by atoms with Gasteiger partial charge in [-0.1, -0.05) is 25.8 Å². The summed E-state index contributed by atoms with van der Waals surface area (Å²) in [6.07, 6.45) is -2.30. The van der Waals surface area contributed by atoms with Crippen LogP contribution in [-0.4, -0.2) is 39.6 Å². The summed E-state index contributed by atoms with van der Waals surface area (Å²) in [7, 11) is -3.93. The zero-order valence-electron chi connectivity index (χ0n) is 13.8. The molecule has 0 bridgehead atoms. The molecule has 1 atom stereocenters. The van der Waals surface area contributed by atoms with Crippen LogP contribution < -0.4 is 15.8 Å². The van der Waals surface area contributed by atoms with Crippen molar-refractivity contribution in [1.29, 1.82) is 0 Å². The summed E-state index contributed by atoms with van der Waals surface area (Å²) in [5.41, 5.74) is 5.38. The van der Waals surface area contributed by atoms with Crippen molar-refractivity contribution in [3.8, 4) is 0 Å². The molecule has 0 aromatic heterocycles. The minimum atomic E-state index is -4.55. The van der Waals surface area contributed by atoms with E-state index in [0.717, 1.165) is 18.9 Å². The van der Waals surface area contributed by atoms with Crippen molar-refractivity contribution < 1.29 is 26.4 Å². The van der Waals surface area contributed by atoms with Crippen molar-refractivity contribution in [3.63, 3.8) is 0 Å². The fraction of sp³-hybridized carbons (Fsp3) is 0.533. The Morgan fingerprint density at radius 2 is 2.00 bits per heavy atom. The summed E-state index contributed by atoms with van der Waals surface area (Å²) in [6, 6.07) is 4.37. The first-order valence-electron chi connectivity index (χ1n) is 7.76. The van der Waals surface area contributed by atoms with Crippen LogP contribution in [0.3, 0.4) is 0 Å². The highest BCUT2D eigenvalue weighted by Gasteiger charge is 2.28. The zero-order valence-corrected chi connectivity index (χ0v) is 14.6. The molecule has 0 aliphatic rings. The predicted molar refractivity (Wildman–Crippen MR) is 87.5 cm³/mol. The van der Waals surface area contributed by atoms with E-state index in [9.17, 15) is 26.4 Å². The Labute approximate surface area is 145 Å². The normalized spacial score (nSPS) is 13.5. The van der Waals surface area contributed by atoms with E-state index in [1.807, 2.05) is 6.92 Å². The molecule has 4 N–H and O–H groups in total. The monoisotopic (exact) mass is 381 g/mol. The molecular formula is C15H22F3N3O3S. The highest BCUT2D eigenvalue weighted by Crippen LogP contribution is 2.15. The van der Waals surface area contributed by atoms with Crippen molar-refractivity contribution in [2.24, 2.45) is 5.73 Å². The van der Waals surface area contributed by atoms with Gasteiger partial charge in [-0.3, -0.25) is 4.79 Å². The quantitative estimate of drug-likeness (QED) is 0.607. The van der Waals surface area contributed by atoms with E-state index in [1.165, 1.54) is 18.2 Å². The maximum Gasteiger partial charge on any atom is 0.405 e. The second-order valence-electron chi connectivity index (χ2n) is 5.52.